The fourth-order valence-electron chi connectivity index (χ4n) is 5.70. The minimum atomic E-state index is -4.47. The number of nitrogens with one attached hydrogen (secondary N) is 1. The normalized spacial score (nSPS) is 11.6. The van der Waals surface area contributed by atoms with Gasteiger partial charge in [0.25, 0.3) is 0 Å². The lowest BCUT2D eigenvalue weighted by Gasteiger charge is -2.13. The van der Waals surface area contributed by atoms with E-state index in [0.717, 1.165) is 25.2 Å². The number of carbonyl (C=O) groups excluding carboxylic acids is 1. The second kappa shape index (κ2) is 31.6. The van der Waals surface area contributed by atoms with Gasteiger partial charge in [0, 0.05) is 12.3 Å². The number of anilines is 2. The minimum absolute atomic E-state index is 0.0183. The topological polar surface area (TPSA) is 84.5 Å². The first-order valence-electron chi connectivity index (χ1n) is 20.0. The molecule has 2 aromatic rings. The van der Waals surface area contributed by atoms with E-state index in [4.69, 9.17) is 28.4 Å². The summed E-state index contributed by atoms with van der Waals surface area (Å²) >= 11 is 0. The standard InChI is InChI=1S/C42H66F3NO7/c1-2-3-4-5-6-7-8-9-10-11-12-13-14-15-16-19-25-48-26-27-49-28-29-50-30-31-51-32-33-52-34-35-53-41(47)39-23-17-18-24-40(39)46-38-22-20-21-37(36-38)42(43,44)45/h17-18,20-24,36,46H,2-16,19,25-35H2,1H3. The van der Waals surface area contributed by atoms with Gasteiger partial charge >= 0.3 is 12.1 Å². The Morgan fingerprint density at radius 1 is 0.528 bits per heavy atom. The van der Waals surface area contributed by atoms with Crippen LogP contribution in [0.15, 0.2) is 48.5 Å². The molecule has 0 atom stereocenters. The van der Waals surface area contributed by atoms with Crippen molar-refractivity contribution in [3.63, 3.8) is 0 Å². The molecule has 0 spiro atoms. The average Bonchev–Trinajstić information content (AvgIpc) is 3.15. The van der Waals surface area contributed by atoms with E-state index in [0.29, 0.717) is 58.5 Å². The van der Waals surface area contributed by atoms with Crippen LogP contribution < -0.4 is 5.32 Å². The Labute approximate surface area is 316 Å². The van der Waals surface area contributed by atoms with Gasteiger partial charge in [-0.3, -0.25) is 0 Å². The van der Waals surface area contributed by atoms with Crippen LogP contribution in [0, 0.1) is 0 Å². The quantitative estimate of drug-likeness (QED) is 0.0550. The zero-order chi connectivity index (χ0) is 38.1. The van der Waals surface area contributed by atoms with Gasteiger partial charge in [-0.05, 0) is 36.8 Å². The molecule has 0 aliphatic rings. The highest BCUT2D eigenvalue weighted by Crippen LogP contribution is 2.32. The fourth-order valence-corrected chi connectivity index (χ4v) is 5.70. The van der Waals surface area contributed by atoms with E-state index in [1.54, 1.807) is 24.3 Å². The number of alkyl halides is 3. The van der Waals surface area contributed by atoms with Gasteiger partial charge < -0.3 is 33.7 Å². The summed E-state index contributed by atoms with van der Waals surface area (Å²) in [5.74, 6) is -0.612. The van der Waals surface area contributed by atoms with Gasteiger partial charge in [0.05, 0.1) is 76.3 Å². The second-order valence-electron chi connectivity index (χ2n) is 13.3. The molecule has 1 N–H and O–H groups in total. The molecule has 0 bridgehead atoms. The maximum Gasteiger partial charge on any atom is 0.416 e. The molecule has 0 saturated carbocycles. The van der Waals surface area contributed by atoms with Crippen molar-refractivity contribution < 1.29 is 46.4 Å². The molecule has 0 heterocycles. The number of para-hydroxylation sites is 1. The number of ether oxygens (including phenoxy) is 6. The predicted molar refractivity (Wildman–Crippen MR) is 205 cm³/mol. The molecule has 0 aliphatic heterocycles. The summed E-state index contributed by atoms with van der Waals surface area (Å²) in [5, 5.41) is 2.87. The van der Waals surface area contributed by atoms with Crippen molar-refractivity contribution >= 4 is 17.3 Å². The Hall–Kier alpha value is -2.70. The lowest BCUT2D eigenvalue weighted by molar-refractivity contribution is -0.137. The first kappa shape index (κ1) is 46.5. The Bertz CT molecular complexity index is 1170. The van der Waals surface area contributed by atoms with Crippen LogP contribution in [0.25, 0.3) is 0 Å². The molecule has 0 unspecified atom stereocenters. The molecular formula is C42H66F3NO7. The number of benzene rings is 2. The van der Waals surface area contributed by atoms with Crippen molar-refractivity contribution in [1.29, 1.82) is 0 Å². The number of carbonyl (C=O) groups is 1. The van der Waals surface area contributed by atoms with Crippen LogP contribution in [-0.4, -0.2) is 78.6 Å². The van der Waals surface area contributed by atoms with Crippen LogP contribution in [0.3, 0.4) is 0 Å². The van der Waals surface area contributed by atoms with Gasteiger partial charge in [0.1, 0.15) is 6.61 Å². The summed E-state index contributed by atoms with van der Waals surface area (Å²) in [6.45, 7) is 7.01. The van der Waals surface area contributed by atoms with Gasteiger partial charge in [0.15, 0.2) is 0 Å². The number of hydrogen-bond acceptors (Lipinski definition) is 8. The van der Waals surface area contributed by atoms with Gasteiger partial charge in [-0.2, -0.15) is 13.2 Å². The predicted octanol–water partition coefficient (Wildman–Crippen LogP) is 11.0. The van der Waals surface area contributed by atoms with E-state index < -0.39 is 17.7 Å². The fraction of sp³-hybridized carbons (Fsp3) is 0.690. The van der Waals surface area contributed by atoms with E-state index in [-0.39, 0.29) is 24.5 Å². The van der Waals surface area contributed by atoms with Crippen molar-refractivity contribution in [2.75, 3.05) is 78.0 Å². The molecule has 302 valence electrons. The summed E-state index contributed by atoms with van der Waals surface area (Å²) in [5.41, 5.74) is -0.0378. The third-order valence-electron chi connectivity index (χ3n) is 8.71. The Balaban J connectivity index is 1.30. The molecule has 0 fully saturated rings. The number of esters is 1. The molecular weight excluding hydrogens is 687 g/mol. The number of halogens is 3. The Morgan fingerprint density at radius 3 is 1.45 bits per heavy atom. The first-order valence-corrected chi connectivity index (χ1v) is 20.0. The van der Waals surface area contributed by atoms with Crippen molar-refractivity contribution in [3.05, 3.63) is 59.7 Å². The summed E-state index contributed by atoms with van der Waals surface area (Å²) in [4.78, 5) is 12.6. The third-order valence-corrected chi connectivity index (χ3v) is 8.71. The monoisotopic (exact) mass is 753 g/mol. The van der Waals surface area contributed by atoms with E-state index in [9.17, 15) is 18.0 Å². The SMILES string of the molecule is CCCCCCCCCCCCCCCCCCOCCOCCOCCOCCOCCOC(=O)c1ccccc1Nc1cccc(C(F)(F)F)c1. The van der Waals surface area contributed by atoms with Crippen LogP contribution >= 0.6 is 0 Å². The number of rotatable bonds is 35. The molecule has 2 rings (SSSR count). The molecule has 0 saturated heterocycles. The van der Waals surface area contributed by atoms with Crippen LogP contribution in [0.2, 0.25) is 0 Å². The largest absolute Gasteiger partial charge is 0.460 e. The Kier molecular flexibility index (Phi) is 27.7. The van der Waals surface area contributed by atoms with Crippen LogP contribution in [0.1, 0.15) is 126 Å². The van der Waals surface area contributed by atoms with Crippen molar-refractivity contribution in [2.45, 2.75) is 116 Å². The van der Waals surface area contributed by atoms with Gasteiger partial charge in [-0.1, -0.05) is 121 Å². The number of unbranched alkanes of at least 4 members (excludes halogenated alkanes) is 15. The summed E-state index contributed by atoms with van der Waals surface area (Å²) in [6, 6.07) is 11.2. The van der Waals surface area contributed by atoms with E-state index >= 15 is 0 Å². The third kappa shape index (κ3) is 25.1. The first-order chi connectivity index (χ1) is 25.9. The maximum absolute atomic E-state index is 13.1. The average molecular weight is 754 g/mol. The zero-order valence-electron chi connectivity index (χ0n) is 32.2. The van der Waals surface area contributed by atoms with Crippen molar-refractivity contribution in [1.82, 2.24) is 0 Å². The molecule has 53 heavy (non-hydrogen) atoms. The highest BCUT2D eigenvalue weighted by Gasteiger charge is 2.30. The van der Waals surface area contributed by atoms with E-state index in [2.05, 4.69) is 12.2 Å². The highest BCUT2D eigenvalue weighted by atomic mass is 19.4. The molecule has 0 radical (unpaired) electrons. The molecule has 0 aromatic heterocycles. The molecule has 0 aliphatic carbocycles. The summed E-state index contributed by atoms with van der Waals surface area (Å²) in [6.07, 6.45) is 17.4. The zero-order valence-corrected chi connectivity index (χ0v) is 32.2. The van der Waals surface area contributed by atoms with Gasteiger partial charge in [-0.15, -0.1) is 0 Å². The molecule has 2 aromatic carbocycles. The highest BCUT2D eigenvalue weighted by molar-refractivity contribution is 5.96. The second-order valence-corrected chi connectivity index (χ2v) is 13.3. The smallest absolute Gasteiger partial charge is 0.416 e. The van der Waals surface area contributed by atoms with E-state index in [1.807, 2.05) is 0 Å². The maximum atomic E-state index is 13.1. The van der Waals surface area contributed by atoms with Crippen molar-refractivity contribution in [2.24, 2.45) is 0 Å². The van der Waals surface area contributed by atoms with E-state index in [1.165, 1.54) is 108 Å². The van der Waals surface area contributed by atoms with Gasteiger partial charge in [0.2, 0.25) is 0 Å². The lowest BCUT2D eigenvalue weighted by atomic mass is 10.0. The molecule has 11 heteroatoms. The minimum Gasteiger partial charge on any atom is -0.460 e. The van der Waals surface area contributed by atoms with Crippen LogP contribution in [-0.2, 0) is 34.6 Å². The summed E-state index contributed by atoms with van der Waals surface area (Å²) < 4.78 is 72.1. The van der Waals surface area contributed by atoms with Gasteiger partial charge in [-0.25, -0.2) is 4.79 Å². The number of hydrogen-bond donors (Lipinski definition) is 1. The lowest BCUT2D eigenvalue weighted by Crippen LogP contribution is -2.15. The van der Waals surface area contributed by atoms with Crippen LogP contribution in [0.5, 0.6) is 0 Å². The summed E-state index contributed by atoms with van der Waals surface area (Å²) in [7, 11) is 0. The van der Waals surface area contributed by atoms with Crippen molar-refractivity contribution in [3.8, 4) is 0 Å². The Morgan fingerprint density at radius 2 is 0.962 bits per heavy atom. The molecule has 8 nitrogen and oxygen atoms in total. The van der Waals surface area contributed by atoms with Crippen LogP contribution in [0.4, 0.5) is 24.5 Å². The molecule has 0 amide bonds.